The lowest BCUT2D eigenvalue weighted by atomic mass is 10.4. The van der Waals surface area contributed by atoms with Crippen LogP contribution in [0.3, 0.4) is 0 Å². The molecule has 0 aliphatic heterocycles. The lowest BCUT2D eigenvalue weighted by molar-refractivity contribution is 0.214. The second-order valence-corrected chi connectivity index (χ2v) is 9.88. The zero-order valence-electron chi connectivity index (χ0n) is 10.6. The number of hydrogen-bond acceptors (Lipinski definition) is 1. The van der Waals surface area contributed by atoms with Gasteiger partial charge < -0.3 is 4.74 Å². The molecule has 0 bridgehead atoms. The van der Waals surface area contributed by atoms with Crippen molar-refractivity contribution < 1.29 is 4.74 Å². The number of methoxy groups -OCH3 is 1. The molecular weight excluding hydrogens is 188 g/mol. The fourth-order valence-corrected chi connectivity index (χ4v) is 5.79. The zero-order valence-corrected chi connectivity index (χ0v) is 11.6. The van der Waals surface area contributed by atoms with Crippen LogP contribution in [0.4, 0.5) is 0 Å². The molecule has 0 amide bonds. The minimum atomic E-state index is -0.937. The first kappa shape index (κ1) is 14.2. The van der Waals surface area contributed by atoms with E-state index in [9.17, 15) is 0 Å². The molecule has 0 saturated heterocycles. The summed E-state index contributed by atoms with van der Waals surface area (Å²) in [6.45, 7) is 8.14. The summed E-state index contributed by atoms with van der Waals surface area (Å²) in [6, 6.07) is 4.38. The van der Waals surface area contributed by atoms with Crippen molar-refractivity contribution >= 4 is 8.07 Å². The van der Waals surface area contributed by atoms with Crippen LogP contribution in [-0.2, 0) is 4.74 Å². The molecular formula is C12H28OSi. The summed E-state index contributed by atoms with van der Waals surface area (Å²) in [7, 11) is 0.891. The van der Waals surface area contributed by atoms with E-state index >= 15 is 0 Å². The van der Waals surface area contributed by atoms with Crippen LogP contribution in [0.1, 0.15) is 39.5 Å². The van der Waals surface area contributed by atoms with E-state index in [2.05, 4.69) is 20.4 Å². The average Bonchev–Trinajstić information content (AvgIpc) is 2.21. The quantitative estimate of drug-likeness (QED) is 0.522. The van der Waals surface area contributed by atoms with Crippen LogP contribution in [-0.4, -0.2) is 21.8 Å². The van der Waals surface area contributed by atoms with Crippen molar-refractivity contribution in [1.29, 1.82) is 0 Å². The van der Waals surface area contributed by atoms with Crippen LogP contribution in [0.2, 0.25) is 24.7 Å². The Morgan fingerprint density at radius 1 is 0.929 bits per heavy atom. The van der Waals surface area contributed by atoms with Gasteiger partial charge in [0, 0.05) is 13.7 Å². The van der Waals surface area contributed by atoms with Gasteiger partial charge in [0.1, 0.15) is 0 Å². The van der Waals surface area contributed by atoms with Gasteiger partial charge in [0.05, 0.1) is 8.07 Å². The number of unbranched alkanes of at least 4 members (excludes halogenated alkanes) is 2. The van der Waals surface area contributed by atoms with Gasteiger partial charge in [0.2, 0.25) is 0 Å². The van der Waals surface area contributed by atoms with Gasteiger partial charge in [-0.1, -0.05) is 58.2 Å². The van der Waals surface area contributed by atoms with Crippen molar-refractivity contribution in [3.8, 4) is 0 Å². The van der Waals surface area contributed by atoms with Crippen LogP contribution in [0, 0.1) is 0 Å². The van der Waals surface area contributed by atoms with E-state index in [1.807, 2.05) is 7.11 Å². The van der Waals surface area contributed by atoms with Crippen molar-refractivity contribution in [2.24, 2.45) is 0 Å². The van der Waals surface area contributed by atoms with Crippen LogP contribution in [0.15, 0.2) is 0 Å². The molecule has 0 aliphatic rings. The summed E-state index contributed by atoms with van der Waals surface area (Å²) in [5.74, 6) is 0. The zero-order chi connectivity index (χ0) is 10.9. The fraction of sp³-hybridized carbons (Fsp3) is 1.00. The van der Waals surface area contributed by atoms with Gasteiger partial charge in [-0.2, -0.15) is 0 Å². The van der Waals surface area contributed by atoms with E-state index in [4.69, 9.17) is 4.74 Å². The molecule has 0 saturated carbocycles. The van der Waals surface area contributed by atoms with Crippen LogP contribution in [0.5, 0.6) is 0 Å². The predicted molar refractivity (Wildman–Crippen MR) is 67.7 cm³/mol. The Kier molecular flexibility index (Phi) is 8.59. The Labute approximate surface area is 91.2 Å². The number of rotatable bonds is 9. The van der Waals surface area contributed by atoms with E-state index in [0.717, 1.165) is 6.61 Å². The Morgan fingerprint density at radius 3 is 1.79 bits per heavy atom. The molecule has 0 rings (SSSR count). The third-order valence-electron chi connectivity index (χ3n) is 3.18. The highest BCUT2D eigenvalue weighted by Crippen LogP contribution is 2.25. The molecule has 0 heterocycles. The molecule has 86 valence electrons. The third-order valence-corrected chi connectivity index (χ3v) is 7.71. The standard InChI is InChI=1S/C12H28OSi/c1-5-7-10-14(4,11-8-6-2)12-9-13-3/h5-12H2,1-4H3. The second kappa shape index (κ2) is 8.48. The van der Waals surface area contributed by atoms with Gasteiger partial charge in [-0.05, 0) is 6.04 Å². The van der Waals surface area contributed by atoms with E-state index in [1.165, 1.54) is 43.8 Å². The summed E-state index contributed by atoms with van der Waals surface area (Å²) in [4.78, 5) is 0. The SMILES string of the molecule is CCCC[Si](C)(CCCC)CCOC. The molecule has 1 nitrogen and oxygen atoms in total. The summed E-state index contributed by atoms with van der Waals surface area (Å²) in [5.41, 5.74) is 0. The predicted octanol–water partition coefficient (Wildman–Crippen LogP) is 4.31. The van der Waals surface area contributed by atoms with Crippen LogP contribution in [0.25, 0.3) is 0 Å². The van der Waals surface area contributed by atoms with E-state index in [0.29, 0.717) is 0 Å². The molecule has 0 aliphatic carbocycles. The normalized spacial score (nSPS) is 12.0. The lowest BCUT2D eigenvalue weighted by Gasteiger charge is -2.27. The Morgan fingerprint density at radius 2 is 1.43 bits per heavy atom. The molecule has 0 N–H and O–H groups in total. The van der Waals surface area contributed by atoms with Gasteiger partial charge in [0.15, 0.2) is 0 Å². The van der Waals surface area contributed by atoms with Crippen molar-refractivity contribution in [3.63, 3.8) is 0 Å². The maximum atomic E-state index is 5.23. The number of ether oxygens (including phenoxy) is 1. The molecule has 0 fully saturated rings. The fourth-order valence-electron chi connectivity index (χ4n) is 1.93. The van der Waals surface area contributed by atoms with Crippen LogP contribution >= 0.6 is 0 Å². The molecule has 0 radical (unpaired) electrons. The molecule has 2 heteroatoms. The molecule has 14 heavy (non-hydrogen) atoms. The van der Waals surface area contributed by atoms with Crippen molar-refractivity contribution in [3.05, 3.63) is 0 Å². The maximum Gasteiger partial charge on any atom is 0.0527 e. The van der Waals surface area contributed by atoms with E-state index in [-0.39, 0.29) is 0 Å². The molecule has 0 aromatic heterocycles. The molecule has 0 aromatic carbocycles. The molecule has 0 spiro atoms. The van der Waals surface area contributed by atoms with Gasteiger partial charge in [-0.15, -0.1) is 0 Å². The van der Waals surface area contributed by atoms with Crippen molar-refractivity contribution in [1.82, 2.24) is 0 Å². The lowest BCUT2D eigenvalue weighted by Crippen LogP contribution is -2.31. The van der Waals surface area contributed by atoms with Crippen LogP contribution < -0.4 is 0 Å². The summed E-state index contributed by atoms with van der Waals surface area (Å²) in [5, 5.41) is 0. The average molecular weight is 216 g/mol. The Bertz CT molecular complexity index is 104. The van der Waals surface area contributed by atoms with Crippen molar-refractivity contribution in [2.45, 2.75) is 64.2 Å². The van der Waals surface area contributed by atoms with E-state index < -0.39 is 8.07 Å². The van der Waals surface area contributed by atoms with Gasteiger partial charge in [0.25, 0.3) is 0 Å². The van der Waals surface area contributed by atoms with Crippen molar-refractivity contribution in [2.75, 3.05) is 13.7 Å². The Hall–Kier alpha value is 0.177. The number of hydrogen-bond donors (Lipinski definition) is 0. The van der Waals surface area contributed by atoms with Gasteiger partial charge in [-0.25, -0.2) is 0 Å². The first-order chi connectivity index (χ1) is 6.68. The smallest absolute Gasteiger partial charge is 0.0527 e. The Balaban J connectivity index is 3.89. The minimum Gasteiger partial charge on any atom is -0.385 e. The van der Waals surface area contributed by atoms with E-state index in [1.54, 1.807) is 0 Å². The largest absolute Gasteiger partial charge is 0.385 e. The minimum absolute atomic E-state index is 0.937. The molecule has 0 unspecified atom stereocenters. The highest BCUT2D eigenvalue weighted by atomic mass is 28.3. The maximum absolute atomic E-state index is 5.23. The van der Waals surface area contributed by atoms with Gasteiger partial charge >= 0.3 is 0 Å². The first-order valence-corrected chi connectivity index (χ1v) is 9.29. The summed E-state index contributed by atoms with van der Waals surface area (Å²) < 4.78 is 5.23. The summed E-state index contributed by atoms with van der Waals surface area (Å²) >= 11 is 0. The molecule has 0 atom stereocenters. The monoisotopic (exact) mass is 216 g/mol. The third kappa shape index (κ3) is 6.60. The summed E-state index contributed by atoms with van der Waals surface area (Å²) in [6.07, 6.45) is 5.55. The highest BCUT2D eigenvalue weighted by Gasteiger charge is 2.24. The highest BCUT2D eigenvalue weighted by molar-refractivity contribution is 6.78. The molecule has 0 aromatic rings. The second-order valence-electron chi connectivity index (χ2n) is 4.76. The van der Waals surface area contributed by atoms with Gasteiger partial charge in [-0.3, -0.25) is 0 Å². The topological polar surface area (TPSA) is 9.23 Å². The first-order valence-electron chi connectivity index (χ1n) is 6.17.